The Bertz CT molecular complexity index is 1090. The maximum Gasteiger partial charge on any atom is 0.343 e. The first-order valence-corrected chi connectivity index (χ1v) is 8.48. The van der Waals surface area contributed by atoms with E-state index in [4.69, 9.17) is 4.74 Å². The van der Waals surface area contributed by atoms with Crippen LogP contribution in [-0.4, -0.2) is 16.7 Å². The number of carbonyl (C=O) groups excluding carboxylic acids is 2. The normalized spacial score (nSPS) is 10.7. The maximum atomic E-state index is 13.6. The van der Waals surface area contributed by atoms with Crippen LogP contribution in [0, 0.1) is 15.9 Å². The summed E-state index contributed by atoms with van der Waals surface area (Å²) in [5, 5.41) is 10.6. The number of non-ortho nitro benzene ring substituents is 1. The molecule has 0 aromatic heterocycles. The summed E-state index contributed by atoms with van der Waals surface area (Å²) in [5.41, 5.74) is 0.665. The second-order valence-electron chi connectivity index (χ2n) is 5.94. The molecule has 0 spiro atoms. The zero-order valence-electron chi connectivity index (χ0n) is 14.9. The predicted molar refractivity (Wildman–Crippen MR) is 104 cm³/mol. The Morgan fingerprint density at radius 2 is 1.52 bits per heavy atom. The van der Waals surface area contributed by atoms with E-state index in [1.54, 1.807) is 18.2 Å². The van der Waals surface area contributed by atoms with Gasteiger partial charge in [0.1, 0.15) is 11.6 Å². The van der Waals surface area contributed by atoms with E-state index in [0.717, 1.165) is 0 Å². The van der Waals surface area contributed by atoms with Crippen LogP contribution in [0.1, 0.15) is 26.3 Å². The minimum Gasteiger partial charge on any atom is -0.423 e. The Kier molecular flexibility index (Phi) is 5.89. The van der Waals surface area contributed by atoms with Gasteiger partial charge < -0.3 is 4.74 Å². The van der Waals surface area contributed by atoms with Gasteiger partial charge in [-0.25, -0.2) is 9.18 Å². The third-order valence-electron chi connectivity index (χ3n) is 3.98. The first-order chi connectivity index (χ1) is 13.9. The standard InChI is InChI=1S/C22H14FNO5/c23-20-4-2-1-3-15(20)9-14-21(25)16-7-12-19(13-8-16)29-22(26)17-5-10-18(11-6-17)24(27)28/h1-14H. The summed E-state index contributed by atoms with van der Waals surface area (Å²) in [4.78, 5) is 34.4. The van der Waals surface area contributed by atoms with Crippen LogP contribution >= 0.6 is 0 Å². The lowest BCUT2D eigenvalue weighted by atomic mass is 10.1. The fraction of sp³-hybridized carbons (Fsp3) is 0. The van der Waals surface area contributed by atoms with Gasteiger partial charge in [0.2, 0.25) is 0 Å². The molecule has 7 heteroatoms. The first-order valence-electron chi connectivity index (χ1n) is 8.48. The molecule has 0 bridgehead atoms. The van der Waals surface area contributed by atoms with Crippen molar-refractivity contribution in [3.63, 3.8) is 0 Å². The monoisotopic (exact) mass is 391 g/mol. The average molecular weight is 391 g/mol. The molecule has 3 rings (SSSR count). The number of nitro benzene ring substituents is 1. The molecule has 144 valence electrons. The highest BCUT2D eigenvalue weighted by Crippen LogP contribution is 2.17. The van der Waals surface area contributed by atoms with Crippen LogP contribution in [0.15, 0.2) is 78.9 Å². The molecule has 0 atom stereocenters. The fourth-order valence-electron chi connectivity index (χ4n) is 2.44. The molecule has 0 aliphatic carbocycles. The average Bonchev–Trinajstić information content (AvgIpc) is 2.73. The number of hydrogen-bond donors (Lipinski definition) is 0. The van der Waals surface area contributed by atoms with Gasteiger partial charge in [0.25, 0.3) is 5.69 Å². The van der Waals surface area contributed by atoms with Gasteiger partial charge in [-0.05, 0) is 54.6 Å². The third kappa shape index (κ3) is 4.98. The van der Waals surface area contributed by atoms with E-state index in [2.05, 4.69) is 0 Å². The van der Waals surface area contributed by atoms with Crippen molar-refractivity contribution >= 4 is 23.5 Å². The van der Waals surface area contributed by atoms with Crippen LogP contribution in [0.4, 0.5) is 10.1 Å². The van der Waals surface area contributed by atoms with E-state index in [0.29, 0.717) is 11.1 Å². The van der Waals surface area contributed by atoms with Crippen molar-refractivity contribution in [2.45, 2.75) is 0 Å². The van der Waals surface area contributed by atoms with E-state index >= 15 is 0 Å². The van der Waals surface area contributed by atoms with E-state index < -0.39 is 16.7 Å². The number of allylic oxidation sites excluding steroid dienone is 1. The largest absolute Gasteiger partial charge is 0.423 e. The molecule has 3 aromatic carbocycles. The van der Waals surface area contributed by atoms with Crippen LogP contribution in [0.2, 0.25) is 0 Å². The maximum absolute atomic E-state index is 13.6. The number of halogens is 1. The van der Waals surface area contributed by atoms with Crippen molar-refractivity contribution in [2.75, 3.05) is 0 Å². The Labute approximate surface area is 165 Å². The summed E-state index contributed by atoms with van der Waals surface area (Å²) in [6, 6.07) is 17.0. The summed E-state index contributed by atoms with van der Waals surface area (Å²) >= 11 is 0. The molecule has 0 fully saturated rings. The van der Waals surface area contributed by atoms with Crippen molar-refractivity contribution in [1.82, 2.24) is 0 Å². The zero-order valence-corrected chi connectivity index (χ0v) is 14.9. The molecular weight excluding hydrogens is 377 g/mol. The van der Waals surface area contributed by atoms with Gasteiger partial charge >= 0.3 is 5.97 Å². The summed E-state index contributed by atoms with van der Waals surface area (Å²) in [6.45, 7) is 0. The third-order valence-corrected chi connectivity index (χ3v) is 3.98. The van der Waals surface area contributed by atoms with Crippen LogP contribution in [0.5, 0.6) is 5.75 Å². The summed E-state index contributed by atoms with van der Waals surface area (Å²) in [6.07, 6.45) is 2.65. The van der Waals surface area contributed by atoms with Crippen molar-refractivity contribution in [1.29, 1.82) is 0 Å². The Morgan fingerprint density at radius 3 is 2.14 bits per heavy atom. The van der Waals surface area contributed by atoms with Gasteiger partial charge in [0.15, 0.2) is 5.78 Å². The molecular formula is C22H14FNO5. The molecule has 0 aliphatic rings. The molecule has 3 aromatic rings. The topological polar surface area (TPSA) is 86.5 Å². The molecule has 0 radical (unpaired) electrons. The number of ketones is 1. The Balaban J connectivity index is 1.65. The van der Waals surface area contributed by atoms with Crippen molar-refractivity contribution < 1.29 is 23.6 Å². The van der Waals surface area contributed by atoms with E-state index in [9.17, 15) is 24.1 Å². The number of nitro groups is 1. The molecule has 0 saturated heterocycles. The summed E-state index contributed by atoms with van der Waals surface area (Å²) in [7, 11) is 0. The number of ether oxygens (including phenoxy) is 1. The number of esters is 1. The van der Waals surface area contributed by atoms with Gasteiger partial charge in [-0.15, -0.1) is 0 Å². The lowest BCUT2D eigenvalue weighted by Gasteiger charge is -2.05. The molecule has 0 N–H and O–H groups in total. The fourth-order valence-corrected chi connectivity index (χ4v) is 2.44. The van der Waals surface area contributed by atoms with Crippen LogP contribution < -0.4 is 4.74 Å². The van der Waals surface area contributed by atoms with Crippen LogP contribution in [-0.2, 0) is 0 Å². The van der Waals surface area contributed by atoms with Gasteiger partial charge in [-0.1, -0.05) is 18.2 Å². The molecule has 0 heterocycles. The minimum atomic E-state index is -0.682. The van der Waals surface area contributed by atoms with Gasteiger partial charge in [-0.2, -0.15) is 0 Å². The smallest absolute Gasteiger partial charge is 0.343 e. The number of rotatable bonds is 6. The Morgan fingerprint density at radius 1 is 0.897 bits per heavy atom. The minimum absolute atomic E-state index is 0.132. The number of carbonyl (C=O) groups is 2. The highest BCUT2D eigenvalue weighted by Gasteiger charge is 2.12. The second kappa shape index (κ2) is 8.71. The lowest BCUT2D eigenvalue weighted by molar-refractivity contribution is -0.384. The summed E-state index contributed by atoms with van der Waals surface area (Å²) < 4.78 is 18.8. The molecule has 6 nitrogen and oxygen atoms in total. The zero-order chi connectivity index (χ0) is 20.8. The Hall–Kier alpha value is -4.13. The van der Waals surface area contributed by atoms with Crippen LogP contribution in [0.3, 0.4) is 0 Å². The SMILES string of the molecule is O=C(C=Cc1ccccc1F)c1ccc(OC(=O)c2ccc([N+](=O)[O-])cc2)cc1. The molecule has 0 amide bonds. The van der Waals surface area contributed by atoms with Crippen molar-refractivity contribution in [2.24, 2.45) is 0 Å². The quantitative estimate of drug-likeness (QED) is 0.150. The first kappa shape index (κ1) is 19.6. The molecule has 0 unspecified atom stereocenters. The summed E-state index contributed by atoms with van der Waals surface area (Å²) in [5.74, 6) is -1.23. The van der Waals surface area contributed by atoms with Gasteiger partial charge in [-0.3, -0.25) is 14.9 Å². The second-order valence-corrected chi connectivity index (χ2v) is 5.94. The number of benzene rings is 3. The van der Waals surface area contributed by atoms with E-state index in [-0.39, 0.29) is 22.8 Å². The van der Waals surface area contributed by atoms with Crippen molar-refractivity contribution in [3.8, 4) is 5.75 Å². The highest BCUT2D eigenvalue weighted by molar-refractivity contribution is 6.06. The molecule has 0 saturated carbocycles. The van der Waals surface area contributed by atoms with E-state index in [1.807, 2.05) is 0 Å². The predicted octanol–water partition coefficient (Wildman–Crippen LogP) is 4.85. The highest BCUT2D eigenvalue weighted by atomic mass is 19.1. The van der Waals surface area contributed by atoms with E-state index in [1.165, 1.54) is 66.7 Å². The lowest BCUT2D eigenvalue weighted by Crippen LogP contribution is -2.08. The number of hydrogen-bond acceptors (Lipinski definition) is 5. The van der Waals surface area contributed by atoms with Crippen molar-refractivity contribution in [3.05, 3.63) is 111 Å². The molecule has 29 heavy (non-hydrogen) atoms. The van der Waals surface area contributed by atoms with Gasteiger partial charge in [0.05, 0.1) is 10.5 Å². The molecule has 0 aliphatic heterocycles. The number of nitrogens with zero attached hydrogens (tertiary/aromatic N) is 1. The van der Waals surface area contributed by atoms with Gasteiger partial charge in [0, 0.05) is 23.3 Å². The van der Waals surface area contributed by atoms with Crippen LogP contribution in [0.25, 0.3) is 6.08 Å².